The van der Waals surface area contributed by atoms with Crippen molar-refractivity contribution >= 4 is 60.0 Å². The zero-order chi connectivity index (χ0) is 32.8. The lowest BCUT2D eigenvalue weighted by Gasteiger charge is -2.11. The van der Waals surface area contributed by atoms with Gasteiger partial charge in [-0.25, -0.2) is 9.97 Å². The van der Waals surface area contributed by atoms with Gasteiger partial charge in [-0.1, -0.05) is 115 Å². The van der Waals surface area contributed by atoms with Crippen LogP contribution in [0.15, 0.2) is 170 Å². The quantitative estimate of drug-likeness (QED) is 0.180. The van der Waals surface area contributed by atoms with Gasteiger partial charge >= 0.3 is 0 Å². The van der Waals surface area contributed by atoms with E-state index in [0.717, 1.165) is 66.8 Å². The van der Waals surface area contributed by atoms with Crippen molar-refractivity contribution in [1.29, 1.82) is 0 Å². The molecule has 0 spiro atoms. The van der Waals surface area contributed by atoms with E-state index in [1.54, 1.807) is 0 Å². The Morgan fingerprint density at radius 2 is 1.06 bits per heavy atom. The summed E-state index contributed by atoms with van der Waals surface area (Å²) in [7, 11) is 0. The van der Waals surface area contributed by atoms with Crippen molar-refractivity contribution in [3.63, 3.8) is 0 Å². The van der Waals surface area contributed by atoms with E-state index >= 15 is 0 Å². The summed E-state index contributed by atoms with van der Waals surface area (Å²) in [6.07, 6.45) is 0. The Bertz CT molecular complexity index is 3070. The highest BCUT2D eigenvalue weighted by Crippen LogP contribution is 2.43. The Balaban J connectivity index is 1.38. The first-order valence-corrected chi connectivity index (χ1v) is 16.9. The van der Waals surface area contributed by atoms with Crippen LogP contribution in [0.25, 0.3) is 94.3 Å². The highest BCUT2D eigenvalue weighted by atomic mass is 15.2. The summed E-state index contributed by atoms with van der Waals surface area (Å²) in [4.78, 5) is 10.6. The SMILES string of the molecule is c1ccc(-c2nc(-n3c4cccc5c6ccccc6n6c(-c7ccccc7)[n+](-c7ccccc7)c7ccc3c(c54)c76)nc3ccccc23)cc1. The van der Waals surface area contributed by atoms with Crippen molar-refractivity contribution in [1.82, 2.24) is 18.9 Å². The summed E-state index contributed by atoms with van der Waals surface area (Å²) < 4.78 is 7.17. The maximum absolute atomic E-state index is 5.37. The van der Waals surface area contributed by atoms with Crippen molar-refractivity contribution < 1.29 is 4.57 Å². The fourth-order valence-corrected chi connectivity index (χ4v) is 8.08. The maximum Gasteiger partial charge on any atom is 0.300 e. The van der Waals surface area contributed by atoms with E-state index in [4.69, 9.17) is 9.97 Å². The number of benzene rings is 7. The first kappa shape index (κ1) is 27.1. The van der Waals surface area contributed by atoms with Gasteiger partial charge in [0.2, 0.25) is 5.95 Å². The minimum Gasteiger partial charge on any atom is -0.278 e. The van der Waals surface area contributed by atoms with Crippen molar-refractivity contribution in [2.75, 3.05) is 0 Å². The lowest BCUT2D eigenvalue weighted by atomic mass is 10.1. The molecule has 0 radical (unpaired) electrons. The van der Waals surface area contributed by atoms with Gasteiger partial charge in [0.1, 0.15) is 11.2 Å². The van der Waals surface area contributed by atoms with Crippen molar-refractivity contribution in [3.05, 3.63) is 170 Å². The third-order valence-electron chi connectivity index (χ3n) is 10.1. The predicted molar refractivity (Wildman–Crippen MR) is 203 cm³/mol. The number of aromatic nitrogens is 5. The van der Waals surface area contributed by atoms with Gasteiger partial charge in [0.25, 0.3) is 5.82 Å². The van der Waals surface area contributed by atoms with E-state index in [1.165, 1.54) is 21.5 Å². The maximum atomic E-state index is 5.37. The van der Waals surface area contributed by atoms with Crippen LogP contribution < -0.4 is 4.57 Å². The molecule has 0 unspecified atom stereocenters. The molecule has 0 aliphatic carbocycles. The molecule has 0 aliphatic heterocycles. The average Bonchev–Trinajstić information content (AvgIpc) is 3.68. The second kappa shape index (κ2) is 10.3. The number of fused-ring (bicyclic) bond motifs is 4. The van der Waals surface area contributed by atoms with Crippen LogP contribution in [0.5, 0.6) is 0 Å². The summed E-state index contributed by atoms with van der Waals surface area (Å²) in [6.45, 7) is 0. The molecule has 11 aromatic rings. The van der Waals surface area contributed by atoms with Gasteiger partial charge in [-0.3, -0.25) is 4.57 Å². The van der Waals surface area contributed by atoms with E-state index in [-0.39, 0.29) is 0 Å². The molecule has 5 nitrogen and oxygen atoms in total. The molecule has 7 aromatic carbocycles. The summed E-state index contributed by atoms with van der Waals surface area (Å²) in [6, 6.07) is 60.2. The molecule has 4 aromatic heterocycles. The molecule has 5 heteroatoms. The van der Waals surface area contributed by atoms with Crippen LogP contribution in [0.1, 0.15) is 0 Å². The Labute approximate surface area is 286 Å². The number of nitrogens with zero attached hydrogens (tertiary/aromatic N) is 5. The standard InChI is InChI=1S/C45H28N5/c1-4-15-29(16-5-1)42-34-22-10-12-24-35(34)46-45(47-42)49-37-26-14-23-33-32-21-11-13-25-36(32)50-43-39(28-27-38(49)41(43)40(33)37)48(31-19-8-3-9-20-31)44(50)30-17-6-2-7-18-30/h1-28H/q+1. The number of imidazole rings is 1. The number of rotatable bonds is 4. The fraction of sp³-hybridized carbons (Fsp3) is 0. The highest BCUT2D eigenvalue weighted by molar-refractivity contribution is 6.29. The van der Waals surface area contributed by atoms with Crippen molar-refractivity contribution in [3.8, 4) is 34.3 Å². The molecule has 0 atom stereocenters. The van der Waals surface area contributed by atoms with E-state index in [2.05, 4.69) is 177 Å². The highest BCUT2D eigenvalue weighted by Gasteiger charge is 2.32. The van der Waals surface area contributed by atoms with Gasteiger partial charge in [0.05, 0.1) is 33.2 Å². The van der Waals surface area contributed by atoms with Crippen molar-refractivity contribution in [2.45, 2.75) is 0 Å². The molecule has 0 saturated carbocycles. The molecule has 0 N–H and O–H groups in total. The fourth-order valence-electron chi connectivity index (χ4n) is 8.08. The summed E-state index contributed by atoms with van der Waals surface area (Å²) in [5, 5.41) is 5.81. The van der Waals surface area contributed by atoms with Gasteiger partial charge in [-0.05, 0) is 60.0 Å². The van der Waals surface area contributed by atoms with Gasteiger partial charge in [-0.15, -0.1) is 0 Å². The first-order valence-electron chi connectivity index (χ1n) is 16.9. The minimum absolute atomic E-state index is 0.658. The van der Waals surface area contributed by atoms with Gasteiger partial charge in [0, 0.05) is 21.7 Å². The Kier molecular flexibility index (Phi) is 5.60. The lowest BCUT2D eigenvalue weighted by molar-refractivity contribution is -0.555. The molecule has 0 saturated heterocycles. The summed E-state index contributed by atoms with van der Waals surface area (Å²) in [5.41, 5.74) is 10.8. The predicted octanol–water partition coefficient (Wildman–Crippen LogP) is 10.3. The first-order chi connectivity index (χ1) is 24.8. The summed E-state index contributed by atoms with van der Waals surface area (Å²) >= 11 is 0. The topological polar surface area (TPSA) is 39.0 Å². The summed E-state index contributed by atoms with van der Waals surface area (Å²) in [5.74, 6) is 1.76. The van der Waals surface area contributed by atoms with E-state index < -0.39 is 0 Å². The lowest BCUT2D eigenvalue weighted by Crippen LogP contribution is -2.32. The second-order valence-electron chi connectivity index (χ2n) is 12.8. The normalized spacial score (nSPS) is 12.0. The molecule has 0 bridgehead atoms. The molecule has 4 heterocycles. The zero-order valence-electron chi connectivity index (χ0n) is 26.9. The van der Waals surface area contributed by atoms with Crippen LogP contribution >= 0.6 is 0 Å². The minimum atomic E-state index is 0.658. The van der Waals surface area contributed by atoms with E-state index in [0.29, 0.717) is 5.95 Å². The molecule has 0 fully saturated rings. The zero-order valence-corrected chi connectivity index (χ0v) is 26.9. The smallest absolute Gasteiger partial charge is 0.278 e. The largest absolute Gasteiger partial charge is 0.300 e. The molecule has 11 rings (SSSR count). The monoisotopic (exact) mass is 638 g/mol. The van der Waals surface area contributed by atoms with Crippen molar-refractivity contribution in [2.24, 2.45) is 0 Å². The number of para-hydroxylation sites is 3. The second-order valence-corrected chi connectivity index (χ2v) is 12.8. The Morgan fingerprint density at radius 3 is 1.86 bits per heavy atom. The van der Waals surface area contributed by atoms with Crippen LogP contribution in [0.3, 0.4) is 0 Å². The van der Waals surface area contributed by atoms with Gasteiger partial charge in [0.15, 0.2) is 11.0 Å². The molecular weight excluding hydrogens is 611 g/mol. The van der Waals surface area contributed by atoms with Crippen LogP contribution in [0.4, 0.5) is 0 Å². The number of hydrogen-bond acceptors (Lipinski definition) is 2. The third kappa shape index (κ3) is 3.69. The van der Waals surface area contributed by atoms with Crippen LogP contribution in [-0.4, -0.2) is 18.9 Å². The van der Waals surface area contributed by atoms with Gasteiger partial charge in [-0.2, -0.15) is 8.97 Å². The van der Waals surface area contributed by atoms with Crippen LogP contribution in [0.2, 0.25) is 0 Å². The Morgan fingerprint density at radius 1 is 0.440 bits per heavy atom. The van der Waals surface area contributed by atoms with E-state index in [9.17, 15) is 0 Å². The van der Waals surface area contributed by atoms with Gasteiger partial charge < -0.3 is 0 Å². The molecular formula is C45H28N5+. The number of hydrogen-bond donors (Lipinski definition) is 0. The molecule has 0 aliphatic rings. The van der Waals surface area contributed by atoms with Crippen LogP contribution in [0, 0.1) is 0 Å². The van der Waals surface area contributed by atoms with Crippen LogP contribution in [-0.2, 0) is 0 Å². The Hall–Kier alpha value is -6.85. The molecule has 0 amide bonds. The molecule has 50 heavy (non-hydrogen) atoms. The van der Waals surface area contributed by atoms with E-state index in [1.807, 2.05) is 6.07 Å². The third-order valence-corrected chi connectivity index (χ3v) is 10.1. The average molecular weight is 639 g/mol. The molecule has 232 valence electrons.